The van der Waals surface area contributed by atoms with E-state index in [4.69, 9.17) is 5.11 Å². The summed E-state index contributed by atoms with van der Waals surface area (Å²) >= 11 is 0. The highest BCUT2D eigenvalue weighted by Gasteiger charge is 2.49. The van der Waals surface area contributed by atoms with Crippen LogP contribution in [0.3, 0.4) is 0 Å². The molecular weight excluding hydrogens is 272 g/mol. The van der Waals surface area contributed by atoms with Gasteiger partial charge in [0, 0.05) is 6.61 Å². The van der Waals surface area contributed by atoms with Crippen LogP contribution < -0.4 is 0 Å². The molecule has 0 radical (unpaired) electrons. The summed E-state index contributed by atoms with van der Waals surface area (Å²) in [6.45, 7) is 9.68. The van der Waals surface area contributed by atoms with E-state index in [1.165, 1.54) is 18.4 Å². The average molecular weight is 306 g/mol. The predicted octanol–water partition coefficient (Wildman–Crippen LogP) is 4.48. The van der Waals surface area contributed by atoms with Crippen LogP contribution in [-0.2, 0) is 0 Å². The van der Waals surface area contributed by atoms with Crippen LogP contribution in [0, 0.1) is 22.7 Å². The van der Waals surface area contributed by atoms with Crippen molar-refractivity contribution in [2.45, 2.75) is 66.2 Å². The molecule has 2 aliphatic rings. The molecule has 0 aromatic heterocycles. The Kier molecular flexibility index (Phi) is 5.55. The standard InChI is InChI=1S/C20H34O2/c1-15(10-13-21)9-12-20(4)16(2)7-8-17-18(20)6-5-11-19(17,3)14-22/h6,10,16-17,21-22H,5,7-9,11-14H2,1-4H3/b15-10+/t16-,17+,19-,20+/m1/s1. The molecule has 0 saturated heterocycles. The van der Waals surface area contributed by atoms with E-state index in [1.807, 2.05) is 6.08 Å². The molecule has 0 bridgehead atoms. The molecule has 0 unspecified atom stereocenters. The zero-order valence-corrected chi connectivity index (χ0v) is 14.9. The third-order valence-corrected chi connectivity index (χ3v) is 6.77. The number of fused-ring (bicyclic) bond motifs is 1. The first-order valence-corrected chi connectivity index (χ1v) is 8.95. The summed E-state index contributed by atoms with van der Waals surface area (Å²) in [5.41, 5.74) is 3.22. The summed E-state index contributed by atoms with van der Waals surface area (Å²) in [6.07, 6.45) is 11.3. The first-order chi connectivity index (χ1) is 10.4. The Hall–Kier alpha value is -0.600. The number of aliphatic hydroxyl groups is 2. The molecule has 2 aliphatic carbocycles. The molecule has 4 atom stereocenters. The van der Waals surface area contributed by atoms with E-state index >= 15 is 0 Å². The second-order valence-corrected chi connectivity index (χ2v) is 8.19. The van der Waals surface area contributed by atoms with Gasteiger partial charge in [-0.1, -0.05) is 44.1 Å². The minimum Gasteiger partial charge on any atom is -0.396 e. The number of hydrogen-bond acceptors (Lipinski definition) is 2. The summed E-state index contributed by atoms with van der Waals surface area (Å²) < 4.78 is 0. The normalized spacial score (nSPS) is 39.4. The summed E-state index contributed by atoms with van der Waals surface area (Å²) in [4.78, 5) is 0. The lowest BCUT2D eigenvalue weighted by Crippen LogP contribution is -2.45. The van der Waals surface area contributed by atoms with Gasteiger partial charge >= 0.3 is 0 Å². The molecule has 22 heavy (non-hydrogen) atoms. The van der Waals surface area contributed by atoms with Crippen LogP contribution in [0.4, 0.5) is 0 Å². The quantitative estimate of drug-likeness (QED) is 0.735. The van der Waals surface area contributed by atoms with Crippen LogP contribution in [0.25, 0.3) is 0 Å². The fourth-order valence-corrected chi connectivity index (χ4v) is 4.70. The van der Waals surface area contributed by atoms with Crippen molar-refractivity contribution >= 4 is 0 Å². The lowest BCUT2D eigenvalue weighted by molar-refractivity contribution is 0.0266. The van der Waals surface area contributed by atoms with Gasteiger partial charge in [0.05, 0.1) is 6.61 Å². The zero-order chi connectivity index (χ0) is 16.4. The third-order valence-electron chi connectivity index (χ3n) is 6.77. The molecule has 1 fully saturated rings. The first kappa shape index (κ1) is 17.7. The Balaban J connectivity index is 2.24. The SMILES string of the molecule is C/C(=C\CO)CC[C@]1(C)C2=CCC[C@](C)(CO)[C@H]2CC[C@H]1C. The van der Waals surface area contributed by atoms with Crippen molar-refractivity contribution < 1.29 is 10.2 Å². The summed E-state index contributed by atoms with van der Waals surface area (Å²) in [6, 6.07) is 0. The van der Waals surface area contributed by atoms with Crippen molar-refractivity contribution in [3.05, 3.63) is 23.3 Å². The molecular formula is C20H34O2. The minimum absolute atomic E-state index is 0.0709. The van der Waals surface area contributed by atoms with Crippen molar-refractivity contribution in [3.8, 4) is 0 Å². The van der Waals surface area contributed by atoms with Gasteiger partial charge in [0.15, 0.2) is 0 Å². The van der Waals surface area contributed by atoms with E-state index in [0.717, 1.165) is 25.7 Å². The van der Waals surface area contributed by atoms with E-state index in [0.29, 0.717) is 18.4 Å². The van der Waals surface area contributed by atoms with E-state index in [-0.39, 0.29) is 17.4 Å². The van der Waals surface area contributed by atoms with E-state index in [2.05, 4.69) is 33.8 Å². The Labute approximate surface area is 136 Å². The highest BCUT2D eigenvalue weighted by molar-refractivity contribution is 5.26. The molecule has 0 aliphatic heterocycles. The molecule has 0 aromatic carbocycles. The van der Waals surface area contributed by atoms with Crippen LogP contribution in [0.2, 0.25) is 0 Å². The highest BCUT2D eigenvalue weighted by atomic mass is 16.3. The van der Waals surface area contributed by atoms with Gasteiger partial charge in [-0.3, -0.25) is 0 Å². The second kappa shape index (κ2) is 6.88. The summed E-state index contributed by atoms with van der Waals surface area (Å²) in [5.74, 6) is 1.24. The largest absolute Gasteiger partial charge is 0.396 e. The molecule has 0 heterocycles. The zero-order valence-electron chi connectivity index (χ0n) is 14.9. The van der Waals surface area contributed by atoms with E-state index in [9.17, 15) is 5.11 Å². The first-order valence-electron chi connectivity index (χ1n) is 8.95. The lowest BCUT2D eigenvalue weighted by atomic mass is 9.51. The topological polar surface area (TPSA) is 40.5 Å². The van der Waals surface area contributed by atoms with Crippen LogP contribution in [0.1, 0.15) is 66.2 Å². The highest BCUT2D eigenvalue weighted by Crippen LogP contribution is 2.58. The molecule has 2 N–H and O–H groups in total. The van der Waals surface area contributed by atoms with Gasteiger partial charge in [-0.15, -0.1) is 0 Å². The number of aliphatic hydroxyl groups excluding tert-OH is 2. The van der Waals surface area contributed by atoms with Crippen molar-refractivity contribution in [1.29, 1.82) is 0 Å². The Morgan fingerprint density at radius 2 is 2.05 bits per heavy atom. The summed E-state index contributed by atoms with van der Waals surface area (Å²) in [7, 11) is 0. The van der Waals surface area contributed by atoms with Gasteiger partial charge in [0.1, 0.15) is 0 Å². The fraction of sp³-hybridized carbons (Fsp3) is 0.800. The van der Waals surface area contributed by atoms with Crippen molar-refractivity contribution in [2.75, 3.05) is 13.2 Å². The smallest absolute Gasteiger partial charge is 0.0614 e. The van der Waals surface area contributed by atoms with Gasteiger partial charge in [-0.2, -0.15) is 0 Å². The van der Waals surface area contributed by atoms with Crippen LogP contribution in [-0.4, -0.2) is 23.4 Å². The van der Waals surface area contributed by atoms with Gasteiger partial charge in [0.25, 0.3) is 0 Å². The van der Waals surface area contributed by atoms with Gasteiger partial charge in [0.2, 0.25) is 0 Å². The molecule has 126 valence electrons. The van der Waals surface area contributed by atoms with Crippen molar-refractivity contribution in [3.63, 3.8) is 0 Å². The fourth-order valence-electron chi connectivity index (χ4n) is 4.70. The number of hydrogen-bond donors (Lipinski definition) is 2. The monoisotopic (exact) mass is 306 g/mol. The van der Waals surface area contributed by atoms with Crippen LogP contribution in [0.15, 0.2) is 23.3 Å². The number of allylic oxidation sites excluding steroid dienone is 3. The molecule has 2 heteroatoms. The van der Waals surface area contributed by atoms with Gasteiger partial charge in [-0.05, 0) is 68.1 Å². The van der Waals surface area contributed by atoms with Crippen LogP contribution >= 0.6 is 0 Å². The maximum atomic E-state index is 9.95. The minimum atomic E-state index is 0.0709. The van der Waals surface area contributed by atoms with E-state index < -0.39 is 0 Å². The number of rotatable bonds is 5. The Morgan fingerprint density at radius 1 is 1.32 bits per heavy atom. The molecule has 2 nitrogen and oxygen atoms in total. The predicted molar refractivity (Wildman–Crippen MR) is 92.6 cm³/mol. The van der Waals surface area contributed by atoms with Gasteiger partial charge in [-0.25, -0.2) is 0 Å². The molecule has 1 saturated carbocycles. The Bertz CT molecular complexity index is 451. The maximum absolute atomic E-state index is 9.95. The molecule has 2 rings (SSSR count). The lowest BCUT2D eigenvalue weighted by Gasteiger charge is -2.53. The van der Waals surface area contributed by atoms with Crippen molar-refractivity contribution in [2.24, 2.45) is 22.7 Å². The second-order valence-electron chi connectivity index (χ2n) is 8.19. The maximum Gasteiger partial charge on any atom is 0.0614 e. The molecule has 0 amide bonds. The van der Waals surface area contributed by atoms with Crippen LogP contribution in [0.5, 0.6) is 0 Å². The summed E-state index contributed by atoms with van der Waals surface area (Å²) in [5, 5.41) is 19.0. The Morgan fingerprint density at radius 3 is 2.68 bits per heavy atom. The third kappa shape index (κ3) is 3.19. The van der Waals surface area contributed by atoms with Gasteiger partial charge < -0.3 is 10.2 Å². The van der Waals surface area contributed by atoms with E-state index in [1.54, 1.807) is 5.57 Å². The van der Waals surface area contributed by atoms with Crippen molar-refractivity contribution in [1.82, 2.24) is 0 Å². The average Bonchev–Trinajstić information content (AvgIpc) is 2.50. The molecule has 0 aromatic rings. The molecule has 0 spiro atoms.